The summed E-state index contributed by atoms with van der Waals surface area (Å²) in [7, 11) is 0. The maximum atomic E-state index is 10.9. The van der Waals surface area contributed by atoms with Crippen LogP contribution in [0.15, 0.2) is 12.2 Å². The van der Waals surface area contributed by atoms with Gasteiger partial charge < -0.3 is 4.74 Å². The molecule has 0 amide bonds. The minimum atomic E-state index is -0.149. The van der Waals surface area contributed by atoms with Crippen molar-refractivity contribution in [3.05, 3.63) is 12.2 Å². The van der Waals surface area contributed by atoms with Gasteiger partial charge in [-0.15, -0.1) is 0 Å². The Morgan fingerprint density at radius 2 is 2.14 bits per heavy atom. The molecule has 2 heteroatoms. The van der Waals surface area contributed by atoms with E-state index in [1.54, 1.807) is 0 Å². The first-order valence-corrected chi connectivity index (χ1v) is 5.29. The van der Waals surface area contributed by atoms with Crippen molar-refractivity contribution in [2.45, 2.75) is 39.7 Å². The first kappa shape index (κ1) is 9.75. The van der Waals surface area contributed by atoms with E-state index < -0.39 is 0 Å². The molecule has 14 heavy (non-hydrogen) atoms. The molecule has 2 aliphatic rings. The van der Waals surface area contributed by atoms with Gasteiger partial charge in [-0.25, -0.2) is 0 Å². The van der Waals surface area contributed by atoms with Crippen LogP contribution in [0.3, 0.4) is 0 Å². The molecule has 2 bridgehead atoms. The largest absolute Gasteiger partial charge is 0.462 e. The molecular weight excluding hydrogens is 176 g/mol. The second-order valence-corrected chi connectivity index (χ2v) is 5.17. The number of hydrogen-bond donors (Lipinski definition) is 0. The van der Waals surface area contributed by atoms with Crippen molar-refractivity contribution >= 4 is 5.97 Å². The van der Waals surface area contributed by atoms with Gasteiger partial charge in [0.05, 0.1) is 0 Å². The standard InChI is InChI=1S/C12H18O2/c1-7-9-5-10(12(7,3)4)11(6-9)14-8(2)13/h9-11H,1,5-6H2,2-4H3. The van der Waals surface area contributed by atoms with Crippen molar-refractivity contribution in [3.63, 3.8) is 0 Å². The second-order valence-electron chi connectivity index (χ2n) is 5.17. The van der Waals surface area contributed by atoms with Crippen molar-refractivity contribution in [2.24, 2.45) is 17.3 Å². The molecule has 0 aromatic rings. The van der Waals surface area contributed by atoms with Gasteiger partial charge in [0.25, 0.3) is 0 Å². The van der Waals surface area contributed by atoms with Crippen molar-refractivity contribution in [1.82, 2.24) is 0 Å². The Kier molecular flexibility index (Phi) is 1.98. The van der Waals surface area contributed by atoms with Crippen LogP contribution in [0.25, 0.3) is 0 Å². The van der Waals surface area contributed by atoms with Crippen LogP contribution >= 0.6 is 0 Å². The SMILES string of the molecule is C=C1C2CC(OC(C)=O)C(C2)C1(C)C. The van der Waals surface area contributed by atoms with Gasteiger partial charge in [-0.1, -0.05) is 26.0 Å². The fourth-order valence-corrected chi connectivity index (χ4v) is 3.15. The Morgan fingerprint density at radius 3 is 2.57 bits per heavy atom. The van der Waals surface area contributed by atoms with E-state index in [2.05, 4.69) is 20.4 Å². The average Bonchev–Trinajstić information content (AvgIpc) is 2.52. The van der Waals surface area contributed by atoms with Gasteiger partial charge in [-0.05, 0) is 24.2 Å². The number of hydrogen-bond acceptors (Lipinski definition) is 2. The molecule has 2 nitrogen and oxygen atoms in total. The average molecular weight is 194 g/mol. The van der Waals surface area contributed by atoms with Gasteiger partial charge in [0.1, 0.15) is 6.10 Å². The molecular formula is C12H18O2. The van der Waals surface area contributed by atoms with E-state index in [0.29, 0.717) is 11.8 Å². The first-order valence-electron chi connectivity index (χ1n) is 5.29. The van der Waals surface area contributed by atoms with E-state index in [0.717, 1.165) is 12.8 Å². The number of carbonyl (C=O) groups excluding carboxylic acids is 1. The molecule has 0 radical (unpaired) electrons. The van der Waals surface area contributed by atoms with E-state index >= 15 is 0 Å². The number of ether oxygens (including phenoxy) is 1. The van der Waals surface area contributed by atoms with Crippen molar-refractivity contribution in [1.29, 1.82) is 0 Å². The lowest BCUT2D eigenvalue weighted by Gasteiger charge is -2.36. The number of carbonyl (C=O) groups is 1. The Balaban J connectivity index is 2.16. The Morgan fingerprint density at radius 1 is 1.50 bits per heavy atom. The van der Waals surface area contributed by atoms with Crippen LogP contribution < -0.4 is 0 Å². The number of allylic oxidation sites excluding steroid dienone is 1. The number of rotatable bonds is 1. The normalized spacial score (nSPS) is 38.8. The minimum Gasteiger partial charge on any atom is -0.462 e. The lowest BCUT2D eigenvalue weighted by Crippen LogP contribution is -2.35. The molecule has 0 aromatic carbocycles. The van der Waals surface area contributed by atoms with Crippen LogP contribution in [-0.2, 0) is 9.53 Å². The summed E-state index contributed by atoms with van der Waals surface area (Å²) >= 11 is 0. The second kappa shape index (κ2) is 2.85. The molecule has 3 unspecified atom stereocenters. The highest BCUT2D eigenvalue weighted by Gasteiger charge is 2.54. The van der Waals surface area contributed by atoms with Crippen molar-refractivity contribution in [2.75, 3.05) is 0 Å². The van der Waals surface area contributed by atoms with Crippen LogP contribution in [0.5, 0.6) is 0 Å². The molecule has 2 aliphatic carbocycles. The summed E-state index contributed by atoms with van der Waals surface area (Å²) in [6, 6.07) is 0. The molecule has 0 aliphatic heterocycles. The van der Waals surface area contributed by atoms with Crippen LogP contribution in [0, 0.1) is 17.3 Å². The van der Waals surface area contributed by atoms with Gasteiger partial charge in [-0.2, -0.15) is 0 Å². The summed E-state index contributed by atoms with van der Waals surface area (Å²) in [5.74, 6) is 0.923. The van der Waals surface area contributed by atoms with E-state index in [9.17, 15) is 4.79 Å². The van der Waals surface area contributed by atoms with E-state index in [1.165, 1.54) is 12.5 Å². The van der Waals surface area contributed by atoms with Gasteiger partial charge >= 0.3 is 5.97 Å². The molecule has 2 saturated carbocycles. The molecule has 0 spiro atoms. The molecule has 3 atom stereocenters. The predicted octanol–water partition coefficient (Wildman–Crippen LogP) is 2.54. The third-order valence-corrected chi connectivity index (χ3v) is 4.07. The van der Waals surface area contributed by atoms with Crippen molar-refractivity contribution < 1.29 is 9.53 Å². The van der Waals surface area contributed by atoms with Gasteiger partial charge in [0.2, 0.25) is 0 Å². The maximum absolute atomic E-state index is 10.9. The monoisotopic (exact) mass is 194 g/mol. The summed E-state index contributed by atoms with van der Waals surface area (Å²) in [5.41, 5.74) is 1.51. The van der Waals surface area contributed by atoms with E-state index in [4.69, 9.17) is 4.74 Å². The Hall–Kier alpha value is -0.790. The molecule has 0 N–H and O–H groups in total. The molecule has 0 heterocycles. The first-order chi connectivity index (χ1) is 6.43. The summed E-state index contributed by atoms with van der Waals surface area (Å²) in [6.07, 6.45) is 2.29. The Labute approximate surface area is 85.3 Å². The fraction of sp³-hybridized carbons (Fsp3) is 0.750. The van der Waals surface area contributed by atoms with Crippen LogP contribution in [0.4, 0.5) is 0 Å². The van der Waals surface area contributed by atoms with Gasteiger partial charge in [0.15, 0.2) is 0 Å². The van der Waals surface area contributed by atoms with E-state index in [-0.39, 0.29) is 17.5 Å². The molecule has 0 aromatic heterocycles. The quantitative estimate of drug-likeness (QED) is 0.473. The fourth-order valence-electron chi connectivity index (χ4n) is 3.15. The van der Waals surface area contributed by atoms with E-state index in [1.807, 2.05) is 0 Å². The topological polar surface area (TPSA) is 26.3 Å². The smallest absolute Gasteiger partial charge is 0.302 e. The zero-order valence-corrected chi connectivity index (χ0v) is 9.17. The summed E-state index contributed by atoms with van der Waals surface area (Å²) < 4.78 is 5.35. The third kappa shape index (κ3) is 1.20. The Bertz CT molecular complexity index is 291. The number of esters is 1. The summed E-state index contributed by atoms with van der Waals surface area (Å²) in [4.78, 5) is 10.9. The van der Waals surface area contributed by atoms with Crippen molar-refractivity contribution in [3.8, 4) is 0 Å². The van der Waals surface area contributed by atoms with Gasteiger partial charge in [0, 0.05) is 12.8 Å². The summed E-state index contributed by atoms with van der Waals surface area (Å²) in [5, 5.41) is 0. The number of fused-ring (bicyclic) bond motifs is 2. The molecule has 2 fully saturated rings. The van der Waals surface area contributed by atoms with Crippen LogP contribution in [0.2, 0.25) is 0 Å². The minimum absolute atomic E-state index is 0.137. The predicted molar refractivity (Wildman–Crippen MR) is 54.7 cm³/mol. The molecule has 2 rings (SSSR count). The maximum Gasteiger partial charge on any atom is 0.302 e. The zero-order chi connectivity index (χ0) is 10.5. The third-order valence-electron chi connectivity index (χ3n) is 4.07. The highest BCUT2D eigenvalue weighted by molar-refractivity contribution is 5.66. The van der Waals surface area contributed by atoms with Crippen LogP contribution in [-0.4, -0.2) is 12.1 Å². The lowest BCUT2D eigenvalue weighted by atomic mass is 9.72. The highest BCUT2D eigenvalue weighted by Crippen LogP contribution is 2.59. The lowest BCUT2D eigenvalue weighted by molar-refractivity contribution is -0.150. The zero-order valence-electron chi connectivity index (χ0n) is 9.17. The summed E-state index contributed by atoms with van der Waals surface area (Å²) in [6.45, 7) is 10.1. The van der Waals surface area contributed by atoms with Crippen LogP contribution in [0.1, 0.15) is 33.6 Å². The molecule has 78 valence electrons. The molecule has 0 saturated heterocycles. The highest BCUT2D eigenvalue weighted by atomic mass is 16.5. The van der Waals surface area contributed by atoms with Gasteiger partial charge in [-0.3, -0.25) is 4.79 Å².